The lowest BCUT2D eigenvalue weighted by Gasteiger charge is -2.34. The molecule has 8 nitrogen and oxygen atoms in total. The van der Waals surface area contributed by atoms with Crippen molar-refractivity contribution in [3.63, 3.8) is 0 Å². The van der Waals surface area contributed by atoms with Gasteiger partial charge in [0, 0.05) is 55.3 Å². The summed E-state index contributed by atoms with van der Waals surface area (Å²) in [5, 5.41) is 4.24. The Morgan fingerprint density at radius 2 is 0.745 bits per heavy atom. The van der Waals surface area contributed by atoms with Crippen LogP contribution >= 0.6 is 0 Å². The third-order valence-corrected chi connectivity index (χ3v) is 22.3. The molecule has 0 N–H and O–H groups in total. The van der Waals surface area contributed by atoms with Gasteiger partial charge >= 0.3 is 0 Å². The molecule has 1 unspecified atom stereocenters. The number of nitrogens with zero attached hydrogens (tertiary/aromatic N) is 8. The van der Waals surface area contributed by atoms with Crippen LogP contribution in [-0.2, 0) is 10.8 Å². The van der Waals surface area contributed by atoms with Crippen molar-refractivity contribution in [2.75, 3.05) is 0 Å². The summed E-state index contributed by atoms with van der Waals surface area (Å²) in [6.07, 6.45) is 9.94. The number of fused-ring (bicyclic) bond motifs is 13. The summed E-state index contributed by atoms with van der Waals surface area (Å²) in [5.41, 5.74) is 23.3. The highest BCUT2D eigenvalue weighted by atomic mass is 15.2. The van der Waals surface area contributed by atoms with E-state index < -0.39 is 10.8 Å². The normalized spacial score (nSPS) is 14.4. The molecule has 14 aromatic carbocycles. The molecule has 0 bridgehead atoms. The minimum absolute atomic E-state index is 0.240. The minimum Gasteiger partial charge on any atom is -0.278 e. The van der Waals surface area contributed by atoms with Gasteiger partial charge in [0.2, 0.25) is 11.9 Å². The smallest absolute Gasteiger partial charge is 0.238 e. The van der Waals surface area contributed by atoms with Crippen molar-refractivity contribution in [1.29, 1.82) is 0 Å². The molecule has 496 valence electrons. The van der Waals surface area contributed by atoms with Crippen molar-refractivity contribution >= 4 is 43.6 Å². The van der Waals surface area contributed by atoms with Gasteiger partial charge in [-0.3, -0.25) is 9.13 Å². The van der Waals surface area contributed by atoms with Gasteiger partial charge in [0.15, 0.2) is 23.3 Å². The molecule has 0 amide bonds. The molecule has 0 radical (unpaired) electrons. The second-order valence-corrected chi connectivity index (χ2v) is 27.9. The van der Waals surface area contributed by atoms with Crippen molar-refractivity contribution in [1.82, 2.24) is 39.0 Å². The summed E-state index contributed by atoms with van der Waals surface area (Å²) in [6, 6.07) is 125. The third kappa shape index (κ3) is 9.27. The van der Waals surface area contributed by atoms with Gasteiger partial charge in [-0.1, -0.05) is 340 Å². The monoisotopic (exact) mass is 1350 g/mol. The van der Waals surface area contributed by atoms with Crippen LogP contribution in [-0.4, -0.2) is 39.0 Å². The van der Waals surface area contributed by atoms with E-state index in [1.54, 1.807) is 0 Å². The molecule has 4 heterocycles. The number of aromatic nitrogens is 8. The zero-order valence-corrected chi connectivity index (χ0v) is 57.6. The molecule has 21 rings (SSSR count). The molecule has 0 spiro atoms. The van der Waals surface area contributed by atoms with E-state index in [1.165, 1.54) is 38.9 Å². The van der Waals surface area contributed by atoms with Crippen LogP contribution < -0.4 is 0 Å². The molecular weight excluding hydrogens is 1290 g/mol. The quantitative estimate of drug-likeness (QED) is 0.121. The van der Waals surface area contributed by atoms with Gasteiger partial charge < -0.3 is 0 Å². The summed E-state index contributed by atoms with van der Waals surface area (Å²) in [7, 11) is 0. The number of hydrogen-bond donors (Lipinski definition) is 0. The average Bonchev–Trinajstić information content (AvgIpc) is 1.51. The number of para-hydroxylation sites is 1. The fraction of sp³-hybridized carbons (Fsp3) is 0.0408. The molecule has 0 saturated carbocycles. The maximum absolute atomic E-state index is 5.64. The molecule has 3 aliphatic carbocycles. The Labute approximate surface area is 613 Å². The van der Waals surface area contributed by atoms with Crippen molar-refractivity contribution in [2.24, 2.45) is 0 Å². The van der Waals surface area contributed by atoms with Gasteiger partial charge in [-0.2, -0.15) is 19.9 Å². The van der Waals surface area contributed by atoms with Gasteiger partial charge in [0.1, 0.15) is 0 Å². The van der Waals surface area contributed by atoms with Gasteiger partial charge in [-0.05, 0) is 115 Å². The third-order valence-electron chi connectivity index (χ3n) is 22.3. The maximum Gasteiger partial charge on any atom is 0.238 e. The Morgan fingerprint density at radius 3 is 1.28 bits per heavy atom. The van der Waals surface area contributed by atoms with E-state index in [-0.39, 0.29) is 5.92 Å². The molecule has 1 atom stereocenters. The van der Waals surface area contributed by atoms with E-state index in [0.717, 1.165) is 117 Å². The highest BCUT2D eigenvalue weighted by molar-refractivity contribution is 6.21. The van der Waals surface area contributed by atoms with Gasteiger partial charge in [-0.25, -0.2) is 9.97 Å². The molecule has 0 saturated heterocycles. The van der Waals surface area contributed by atoms with Crippen LogP contribution in [0.5, 0.6) is 0 Å². The summed E-state index contributed by atoms with van der Waals surface area (Å²) >= 11 is 0. The van der Waals surface area contributed by atoms with Crippen molar-refractivity contribution in [3.8, 4) is 90.8 Å². The van der Waals surface area contributed by atoms with Crippen LogP contribution in [0.25, 0.3) is 134 Å². The van der Waals surface area contributed by atoms with Crippen LogP contribution in [0.15, 0.2) is 370 Å². The standard InChI is InChI=1S/C98H64N8/c1-10-32-63(33-11-1)68-54-56-75-79-62-87-80(61-84(79)97(83(75)58-68,70-42-20-6-21-43-70)71-44-22-7-23-45-71)76-57-55-69(59-86(76)105(87)95-101-91(64-34-12-2-13-35-64)99-92(102-95)65-36-14-3-15-37-65)78-60-81-74-50-28-30-52-82(74)98(72-46-24-8-25-47-72,73-48-26-9-27-49-73)89(81)90-88(78)77-51-29-31-53-85(77)106(90)96-103-93(66-38-16-4-17-39-66)100-94(104-96)67-40-18-5-19-41-67/h1-32,34-63H,33H2. The van der Waals surface area contributed by atoms with E-state index in [0.29, 0.717) is 35.2 Å². The van der Waals surface area contributed by atoms with Crippen molar-refractivity contribution in [3.05, 3.63) is 420 Å². The van der Waals surface area contributed by atoms with Crippen LogP contribution in [0.4, 0.5) is 0 Å². The summed E-state index contributed by atoms with van der Waals surface area (Å²) in [5.74, 6) is 3.55. The lowest BCUT2D eigenvalue weighted by atomic mass is 9.67. The zero-order chi connectivity index (χ0) is 69.9. The molecule has 0 fully saturated rings. The lowest BCUT2D eigenvalue weighted by molar-refractivity contribution is 0.762. The van der Waals surface area contributed by atoms with Gasteiger partial charge in [0.05, 0.1) is 32.9 Å². The average molecular weight is 1350 g/mol. The largest absolute Gasteiger partial charge is 0.278 e. The van der Waals surface area contributed by atoms with Crippen LogP contribution in [0.2, 0.25) is 0 Å². The number of rotatable bonds is 12. The first-order chi connectivity index (χ1) is 52.6. The number of benzene rings is 14. The molecule has 106 heavy (non-hydrogen) atoms. The Bertz CT molecular complexity index is 6380. The van der Waals surface area contributed by atoms with E-state index in [1.807, 2.05) is 48.5 Å². The second kappa shape index (κ2) is 24.4. The summed E-state index contributed by atoms with van der Waals surface area (Å²) < 4.78 is 4.68. The van der Waals surface area contributed by atoms with Crippen molar-refractivity contribution in [2.45, 2.75) is 23.2 Å². The Hall–Kier alpha value is -13.8. The molecule has 8 heteroatoms. The van der Waals surface area contributed by atoms with E-state index in [9.17, 15) is 0 Å². The predicted octanol–water partition coefficient (Wildman–Crippen LogP) is 22.9. The number of allylic oxidation sites excluding steroid dienone is 4. The first-order valence-electron chi connectivity index (χ1n) is 36.4. The minimum atomic E-state index is -0.837. The molecule has 0 aliphatic heterocycles. The number of hydrogen-bond acceptors (Lipinski definition) is 6. The van der Waals surface area contributed by atoms with Crippen LogP contribution in [0, 0.1) is 0 Å². The van der Waals surface area contributed by atoms with Crippen LogP contribution in [0.3, 0.4) is 0 Å². The fourth-order valence-corrected chi connectivity index (χ4v) is 17.8. The Morgan fingerprint density at radius 1 is 0.283 bits per heavy atom. The van der Waals surface area contributed by atoms with E-state index in [2.05, 4.69) is 331 Å². The first kappa shape index (κ1) is 60.9. The fourth-order valence-electron chi connectivity index (χ4n) is 17.8. The van der Waals surface area contributed by atoms with E-state index >= 15 is 0 Å². The summed E-state index contributed by atoms with van der Waals surface area (Å²) in [4.78, 5) is 33.2. The summed E-state index contributed by atoms with van der Waals surface area (Å²) in [6.45, 7) is 0. The van der Waals surface area contributed by atoms with E-state index in [4.69, 9.17) is 29.9 Å². The molecular formula is C98H64N8. The van der Waals surface area contributed by atoms with Gasteiger partial charge in [-0.15, -0.1) is 0 Å². The van der Waals surface area contributed by atoms with Crippen LogP contribution in [0.1, 0.15) is 62.4 Å². The molecule has 4 aromatic heterocycles. The zero-order valence-electron chi connectivity index (χ0n) is 57.6. The van der Waals surface area contributed by atoms with Crippen molar-refractivity contribution < 1.29 is 0 Å². The molecule has 3 aliphatic rings. The first-order valence-corrected chi connectivity index (χ1v) is 36.4. The molecule has 18 aromatic rings. The second-order valence-electron chi connectivity index (χ2n) is 27.9. The predicted molar refractivity (Wildman–Crippen MR) is 429 cm³/mol. The lowest BCUT2D eigenvalue weighted by Crippen LogP contribution is -2.29. The van der Waals surface area contributed by atoms with Gasteiger partial charge in [0.25, 0.3) is 0 Å². The maximum atomic E-state index is 5.64. The Kier molecular flexibility index (Phi) is 14.0. The highest BCUT2D eigenvalue weighted by Crippen LogP contribution is 2.62. The SMILES string of the molecule is C1=CCC(c2ccc3c(c2)C(c2ccccc2)(c2ccccc2)c2cc4c5ccc(-c6cc7c(c8c6c6ccccc6n8-c6nc(-c8ccccc8)nc(-c8ccccc8)n6)C(c6ccccc6)(c6ccccc6)c6ccccc6-7)cc5n(-c5nc(-c6ccccc6)nc(-c6ccccc6)n5)c4cc2-3)C=C1. The highest BCUT2D eigenvalue weighted by Gasteiger charge is 2.50. The Balaban J connectivity index is 0.912. The topological polar surface area (TPSA) is 87.2 Å².